The topological polar surface area (TPSA) is 27.7 Å². The maximum Gasteiger partial charge on any atom is 0.158 e. The molecule has 0 unspecified atom stereocenters. The summed E-state index contributed by atoms with van der Waals surface area (Å²) in [5.41, 5.74) is 3.30. The molecule has 1 heterocycles. The molecular formula is C18H27N3O. The minimum atomic E-state index is 0.400. The number of rotatable bonds is 7. The average Bonchev–Trinajstić information content (AvgIpc) is 2.50. The number of nitrogens with zero attached hydrogens (tertiary/aromatic N) is 2. The first-order valence-corrected chi connectivity index (χ1v) is 7.76. The third-order valence-corrected chi connectivity index (χ3v) is 3.91. The molecule has 0 saturated carbocycles. The lowest BCUT2D eigenvalue weighted by Crippen LogP contribution is -2.43. The summed E-state index contributed by atoms with van der Waals surface area (Å²) in [6.07, 6.45) is 0. The molecular weight excluding hydrogens is 274 g/mol. The van der Waals surface area contributed by atoms with E-state index in [1.807, 2.05) is 6.92 Å². The Bertz CT molecular complexity index is 502. The van der Waals surface area contributed by atoms with Crippen molar-refractivity contribution in [2.45, 2.75) is 13.5 Å². The number of piperazine rings is 1. The van der Waals surface area contributed by atoms with Crippen molar-refractivity contribution >= 4 is 5.70 Å². The molecule has 0 aliphatic carbocycles. The first-order chi connectivity index (χ1) is 10.5. The van der Waals surface area contributed by atoms with E-state index in [0.717, 1.165) is 44.0 Å². The van der Waals surface area contributed by atoms with Gasteiger partial charge in [0, 0.05) is 38.4 Å². The SMILES string of the molecule is C=C(C)OCNC(=C)c1ccc(CN2CCN(C)CC2)cc1. The molecule has 1 fully saturated rings. The lowest BCUT2D eigenvalue weighted by molar-refractivity contribution is 0.148. The zero-order valence-corrected chi connectivity index (χ0v) is 13.8. The van der Waals surface area contributed by atoms with Crippen LogP contribution in [-0.4, -0.2) is 49.8 Å². The van der Waals surface area contributed by atoms with E-state index in [1.165, 1.54) is 5.56 Å². The van der Waals surface area contributed by atoms with Gasteiger partial charge in [0.1, 0.15) is 0 Å². The second kappa shape index (κ2) is 8.01. The first kappa shape index (κ1) is 16.6. The summed E-state index contributed by atoms with van der Waals surface area (Å²) >= 11 is 0. The highest BCUT2D eigenvalue weighted by Gasteiger charge is 2.13. The van der Waals surface area contributed by atoms with Gasteiger partial charge in [-0.2, -0.15) is 0 Å². The summed E-state index contributed by atoms with van der Waals surface area (Å²) in [7, 11) is 2.18. The molecule has 0 radical (unpaired) electrons. The Balaban J connectivity index is 1.82. The number of ether oxygens (including phenoxy) is 1. The number of likely N-dealkylation sites (N-methyl/N-ethyl adjacent to an activating group) is 1. The Morgan fingerprint density at radius 3 is 2.36 bits per heavy atom. The molecule has 1 N–H and O–H groups in total. The van der Waals surface area contributed by atoms with Crippen LogP contribution in [-0.2, 0) is 11.3 Å². The van der Waals surface area contributed by atoms with Gasteiger partial charge in [0.25, 0.3) is 0 Å². The average molecular weight is 301 g/mol. The van der Waals surface area contributed by atoms with Gasteiger partial charge in [0.15, 0.2) is 6.73 Å². The third-order valence-electron chi connectivity index (χ3n) is 3.91. The van der Waals surface area contributed by atoms with E-state index in [4.69, 9.17) is 4.74 Å². The number of hydrogen-bond donors (Lipinski definition) is 1. The molecule has 120 valence electrons. The van der Waals surface area contributed by atoms with Gasteiger partial charge in [0.05, 0.1) is 5.76 Å². The van der Waals surface area contributed by atoms with Gasteiger partial charge >= 0.3 is 0 Å². The minimum Gasteiger partial charge on any atom is -0.479 e. The molecule has 1 aliphatic heterocycles. The second-order valence-electron chi connectivity index (χ2n) is 5.92. The zero-order chi connectivity index (χ0) is 15.9. The minimum absolute atomic E-state index is 0.400. The van der Waals surface area contributed by atoms with E-state index in [2.05, 4.69) is 59.6 Å². The molecule has 4 heteroatoms. The van der Waals surface area contributed by atoms with E-state index < -0.39 is 0 Å². The molecule has 0 atom stereocenters. The van der Waals surface area contributed by atoms with Crippen LogP contribution in [0, 0.1) is 0 Å². The Morgan fingerprint density at radius 2 is 1.77 bits per heavy atom. The smallest absolute Gasteiger partial charge is 0.158 e. The number of hydrogen-bond acceptors (Lipinski definition) is 4. The monoisotopic (exact) mass is 301 g/mol. The van der Waals surface area contributed by atoms with Gasteiger partial charge in [-0.15, -0.1) is 0 Å². The highest BCUT2D eigenvalue weighted by atomic mass is 16.5. The van der Waals surface area contributed by atoms with Gasteiger partial charge in [-0.05, 0) is 25.1 Å². The number of allylic oxidation sites excluding steroid dienone is 1. The molecule has 1 aromatic carbocycles. The van der Waals surface area contributed by atoms with E-state index in [1.54, 1.807) is 0 Å². The van der Waals surface area contributed by atoms with Crippen LogP contribution < -0.4 is 5.32 Å². The van der Waals surface area contributed by atoms with Gasteiger partial charge in [0.2, 0.25) is 0 Å². The van der Waals surface area contributed by atoms with Crippen LogP contribution in [0.3, 0.4) is 0 Å². The van der Waals surface area contributed by atoms with Gasteiger partial charge in [-0.1, -0.05) is 37.4 Å². The molecule has 1 aliphatic rings. The van der Waals surface area contributed by atoms with Crippen LogP contribution >= 0.6 is 0 Å². The van der Waals surface area contributed by atoms with Crippen molar-refractivity contribution in [2.24, 2.45) is 0 Å². The van der Waals surface area contributed by atoms with Crippen molar-refractivity contribution in [2.75, 3.05) is 40.0 Å². The van der Waals surface area contributed by atoms with Crippen LogP contribution in [0.1, 0.15) is 18.1 Å². The normalized spacial score (nSPS) is 16.3. The van der Waals surface area contributed by atoms with Crippen LogP contribution in [0.2, 0.25) is 0 Å². The van der Waals surface area contributed by atoms with Gasteiger partial charge in [-0.3, -0.25) is 4.90 Å². The predicted molar refractivity (Wildman–Crippen MR) is 92.2 cm³/mol. The highest BCUT2D eigenvalue weighted by Crippen LogP contribution is 2.13. The number of benzene rings is 1. The third kappa shape index (κ3) is 5.20. The summed E-state index contributed by atoms with van der Waals surface area (Å²) in [6.45, 7) is 15.6. The van der Waals surface area contributed by atoms with Gasteiger partial charge < -0.3 is 15.0 Å². The fraction of sp³-hybridized carbons (Fsp3) is 0.444. The van der Waals surface area contributed by atoms with Crippen molar-refractivity contribution in [3.63, 3.8) is 0 Å². The van der Waals surface area contributed by atoms with Gasteiger partial charge in [-0.25, -0.2) is 0 Å². The fourth-order valence-electron chi connectivity index (χ4n) is 2.42. The predicted octanol–water partition coefficient (Wildman–Crippen LogP) is 2.50. The summed E-state index contributed by atoms with van der Waals surface area (Å²) in [6, 6.07) is 8.59. The lowest BCUT2D eigenvalue weighted by atomic mass is 10.1. The fourth-order valence-corrected chi connectivity index (χ4v) is 2.42. The van der Waals surface area contributed by atoms with E-state index in [9.17, 15) is 0 Å². The zero-order valence-electron chi connectivity index (χ0n) is 13.8. The van der Waals surface area contributed by atoms with Crippen molar-refractivity contribution < 1.29 is 4.74 Å². The highest BCUT2D eigenvalue weighted by molar-refractivity contribution is 5.61. The van der Waals surface area contributed by atoms with Crippen LogP contribution in [0.25, 0.3) is 5.70 Å². The van der Waals surface area contributed by atoms with E-state index >= 15 is 0 Å². The molecule has 1 aromatic rings. The quantitative estimate of drug-likeness (QED) is 0.618. The van der Waals surface area contributed by atoms with Crippen LogP contribution in [0.15, 0.2) is 43.2 Å². The lowest BCUT2D eigenvalue weighted by Gasteiger charge is -2.32. The summed E-state index contributed by atoms with van der Waals surface area (Å²) in [5.74, 6) is 0.697. The molecule has 0 amide bonds. The summed E-state index contributed by atoms with van der Waals surface area (Å²) < 4.78 is 5.29. The second-order valence-corrected chi connectivity index (χ2v) is 5.92. The summed E-state index contributed by atoms with van der Waals surface area (Å²) in [4.78, 5) is 4.88. The standard InChI is InChI=1S/C18H27N3O/c1-15(2)22-14-19-16(3)18-7-5-17(6-8-18)13-21-11-9-20(4)10-12-21/h5-8,19H,1,3,9-14H2,2,4H3. The van der Waals surface area contributed by atoms with Crippen molar-refractivity contribution in [3.05, 3.63) is 54.3 Å². The van der Waals surface area contributed by atoms with Crippen molar-refractivity contribution in [3.8, 4) is 0 Å². The van der Waals surface area contributed by atoms with E-state index in [0.29, 0.717) is 12.5 Å². The molecule has 22 heavy (non-hydrogen) atoms. The molecule has 0 spiro atoms. The molecule has 2 rings (SSSR count). The maximum absolute atomic E-state index is 5.29. The molecule has 0 bridgehead atoms. The molecule has 1 saturated heterocycles. The Labute approximate surface area is 134 Å². The van der Waals surface area contributed by atoms with Crippen LogP contribution in [0.5, 0.6) is 0 Å². The first-order valence-electron chi connectivity index (χ1n) is 7.76. The van der Waals surface area contributed by atoms with Crippen molar-refractivity contribution in [1.29, 1.82) is 0 Å². The Kier molecular flexibility index (Phi) is 6.04. The Hall–Kier alpha value is -1.78. The van der Waals surface area contributed by atoms with E-state index in [-0.39, 0.29) is 0 Å². The number of nitrogens with one attached hydrogen (secondary N) is 1. The summed E-state index contributed by atoms with van der Waals surface area (Å²) in [5, 5.41) is 3.14. The largest absolute Gasteiger partial charge is 0.479 e. The van der Waals surface area contributed by atoms with Crippen molar-refractivity contribution in [1.82, 2.24) is 15.1 Å². The Morgan fingerprint density at radius 1 is 1.14 bits per heavy atom. The maximum atomic E-state index is 5.29. The molecule has 4 nitrogen and oxygen atoms in total. The molecule has 0 aromatic heterocycles. The van der Waals surface area contributed by atoms with Crippen LogP contribution in [0.4, 0.5) is 0 Å².